The molecule has 0 amide bonds. The minimum Gasteiger partial charge on any atom is -0.466 e. The van der Waals surface area contributed by atoms with Crippen molar-refractivity contribution in [3.05, 3.63) is 6.92 Å². The third kappa shape index (κ3) is 5.63. The van der Waals surface area contributed by atoms with Crippen LogP contribution in [0.3, 0.4) is 0 Å². The summed E-state index contributed by atoms with van der Waals surface area (Å²) in [7, 11) is 0. The Morgan fingerprint density at radius 1 is 1.67 bits per heavy atom. The number of esters is 1. The van der Waals surface area contributed by atoms with Gasteiger partial charge < -0.3 is 4.74 Å². The topological polar surface area (TPSA) is 26.3 Å². The van der Waals surface area contributed by atoms with Crippen LogP contribution in [0.25, 0.3) is 0 Å². The summed E-state index contributed by atoms with van der Waals surface area (Å²) < 4.78 is 4.54. The Labute approximate surface area is 60.1 Å². The Bertz CT molecular complexity index is 83.1. The average Bonchev–Trinajstić information content (AvgIpc) is 1.85. The molecule has 0 aromatic heterocycles. The fraction of sp³-hybridized carbons (Fsp3) is 0.667. The van der Waals surface area contributed by atoms with Crippen LogP contribution in [0.1, 0.15) is 12.8 Å². The largest absolute Gasteiger partial charge is 0.466 e. The number of hydrogen-bond acceptors (Lipinski definition) is 2. The summed E-state index contributed by atoms with van der Waals surface area (Å²) in [4.78, 5) is 10.5. The highest BCUT2D eigenvalue weighted by atomic mass is 35.5. The molecule has 0 aromatic rings. The van der Waals surface area contributed by atoms with E-state index in [1.54, 1.807) is 0 Å². The fourth-order valence-electron chi connectivity index (χ4n) is 0.397. The lowest BCUT2D eigenvalue weighted by Crippen LogP contribution is -2.03. The Morgan fingerprint density at radius 2 is 2.33 bits per heavy atom. The highest BCUT2D eigenvalue weighted by molar-refractivity contribution is 6.17. The molecule has 0 aliphatic carbocycles. The van der Waals surface area contributed by atoms with Crippen molar-refractivity contribution >= 4 is 17.6 Å². The molecular weight excluding hydrogens is 140 g/mol. The van der Waals surface area contributed by atoms with E-state index in [1.807, 2.05) is 0 Å². The quantitative estimate of drug-likeness (QED) is 0.446. The van der Waals surface area contributed by atoms with E-state index in [-0.39, 0.29) is 12.6 Å². The van der Waals surface area contributed by atoms with Crippen LogP contribution in [0.15, 0.2) is 0 Å². The lowest BCUT2D eigenvalue weighted by molar-refractivity contribution is -0.142. The molecule has 0 fully saturated rings. The number of hydrogen-bond donors (Lipinski definition) is 0. The molecule has 0 aliphatic rings. The van der Waals surface area contributed by atoms with Gasteiger partial charge in [-0.15, -0.1) is 11.6 Å². The van der Waals surface area contributed by atoms with Crippen LogP contribution in [0.2, 0.25) is 0 Å². The molecule has 0 heterocycles. The minimum atomic E-state index is -0.217. The maximum absolute atomic E-state index is 10.5. The monoisotopic (exact) mass is 149 g/mol. The third-order valence-corrected chi connectivity index (χ3v) is 1.04. The van der Waals surface area contributed by atoms with Crippen molar-refractivity contribution in [2.24, 2.45) is 0 Å². The molecule has 1 radical (unpaired) electrons. The van der Waals surface area contributed by atoms with E-state index in [2.05, 4.69) is 11.7 Å². The van der Waals surface area contributed by atoms with Gasteiger partial charge in [0.1, 0.15) is 0 Å². The van der Waals surface area contributed by atoms with Gasteiger partial charge in [-0.25, -0.2) is 0 Å². The van der Waals surface area contributed by atoms with Crippen LogP contribution >= 0.6 is 11.6 Å². The highest BCUT2D eigenvalue weighted by Gasteiger charge is 1.98. The second-order valence-electron chi connectivity index (χ2n) is 1.51. The van der Waals surface area contributed by atoms with Crippen molar-refractivity contribution < 1.29 is 9.53 Å². The van der Waals surface area contributed by atoms with E-state index < -0.39 is 0 Å². The van der Waals surface area contributed by atoms with Crippen LogP contribution in [-0.4, -0.2) is 18.5 Å². The molecule has 0 saturated heterocycles. The molecule has 0 aliphatic heterocycles. The first-order valence-electron chi connectivity index (χ1n) is 2.82. The van der Waals surface area contributed by atoms with E-state index >= 15 is 0 Å². The molecular formula is C6H10ClO2. The van der Waals surface area contributed by atoms with Crippen LogP contribution < -0.4 is 0 Å². The van der Waals surface area contributed by atoms with Gasteiger partial charge in [0.25, 0.3) is 0 Å². The van der Waals surface area contributed by atoms with Gasteiger partial charge in [-0.2, -0.15) is 0 Å². The van der Waals surface area contributed by atoms with Crippen molar-refractivity contribution in [3.8, 4) is 0 Å². The van der Waals surface area contributed by atoms with Gasteiger partial charge in [-0.3, -0.25) is 4.79 Å². The zero-order chi connectivity index (χ0) is 7.11. The molecule has 2 nitrogen and oxygen atoms in total. The number of carbonyl (C=O) groups is 1. The first-order valence-corrected chi connectivity index (χ1v) is 3.35. The summed E-state index contributed by atoms with van der Waals surface area (Å²) >= 11 is 5.32. The van der Waals surface area contributed by atoms with Crippen LogP contribution in [-0.2, 0) is 9.53 Å². The molecule has 0 aromatic carbocycles. The van der Waals surface area contributed by atoms with Crippen LogP contribution in [0, 0.1) is 6.92 Å². The Hall–Kier alpha value is -0.240. The smallest absolute Gasteiger partial charge is 0.305 e. The Balaban J connectivity index is 3.06. The van der Waals surface area contributed by atoms with Gasteiger partial charge in [0, 0.05) is 12.3 Å². The maximum atomic E-state index is 10.5. The highest BCUT2D eigenvalue weighted by Crippen LogP contribution is 1.93. The second-order valence-corrected chi connectivity index (χ2v) is 1.89. The van der Waals surface area contributed by atoms with Crippen molar-refractivity contribution in [1.29, 1.82) is 0 Å². The summed E-state index contributed by atoms with van der Waals surface area (Å²) in [5, 5.41) is 0. The average molecular weight is 150 g/mol. The first kappa shape index (κ1) is 8.76. The minimum absolute atomic E-state index is 0.209. The molecule has 0 spiro atoms. The first-order chi connectivity index (χ1) is 4.31. The molecule has 0 atom stereocenters. The predicted molar refractivity (Wildman–Crippen MR) is 36.3 cm³/mol. The normalized spacial score (nSPS) is 9.11. The van der Waals surface area contributed by atoms with E-state index in [4.69, 9.17) is 11.6 Å². The van der Waals surface area contributed by atoms with Crippen molar-refractivity contribution in [1.82, 2.24) is 0 Å². The van der Waals surface area contributed by atoms with Gasteiger partial charge in [0.05, 0.1) is 6.61 Å². The van der Waals surface area contributed by atoms with Crippen molar-refractivity contribution in [3.63, 3.8) is 0 Å². The van der Waals surface area contributed by atoms with E-state index in [9.17, 15) is 4.79 Å². The molecule has 0 rings (SSSR count). The number of halogens is 1. The summed E-state index contributed by atoms with van der Waals surface area (Å²) in [6.07, 6.45) is 1.08. The van der Waals surface area contributed by atoms with Gasteiger partial charge in [-0.1, -0.05) is 0 Å². The van der Waals surface area contributed by atoms with E-state index in [0.29, 0.717) is 18.7 Å². The predicted octanol–water partition coefficient (Wildman–Crippen LogP) is 1.38. The van der Waals surface area contributed by atoms with Gasteiger partial charge in [0.15, 0.2) is 0 Å². The Morgan fingerprint density at radius 3 is 2.78 bits per heavy atom. The van der Waals surface area contributed by atoms with Crippen LogP contribution in [0.5, 0.6) is 0 Å². The summed E-state index contributed by atoms with van der Waals surface area (Å²) in [6.45, 7) is 3.57. The number of carbonyl (C=O) groups excluding carboxylic acids is 1. The third-order valence-electron chi connectivity index (χ3n) is 0.778. The maximum Gasteiger partial charge on any atom is 0.305 e. The molecule has 0 saturated carbocycles. The number of ether oxygens (including phenoxy) is 1. The Kier molecular flexibility index (Phi) is 5.73. The lowest BCUT2D eigenvalue weighted by atomic mass is 10.3. The second kappa shape index (κ2) is 5.89. The standard InChI is InChI=1S/C6H10ClO2/c1-2-9-6(8)4-3-5-7/h1-5H2. The fourth-order valence-corrected chi connectivity index (χ4v) is 0.531. The molecule has 53 valence electrons. The molecule has 0 bridgehead atoms. The molecule has 9 heavy (non-hydrogen) atoms. The SMILES string of the molecule is [CH2]COC(=O)CCCCl. The zero-order valence-corrected chi connectivity index (χ0v) is 5.99. The summed E-state index contributed by atoms with van der Waals surface area (Å²) in [5.41, 5.74) is 0. The zero-order valence-electron chi connectivity index (χ0n) is 5.23. The van der Waals surface area contributed by atoms with E-state index in [0.717, 1.165) is 0 Å². The van der Waals surface area contributed by atoms with Crippen molar-refractivity contribution in [2.45, 2.75) is 12.8 Å². The lowest BCUT2D eigenvalue weighted by Gasteiger charge is -1.97. The van der Waals surface area contributed by atoms with Crippen molar-refractivity contribution in [2.75, 3.05) is 12.5 Å². The molecule has 0 unspecified atom stereocenters. The number of rotatable bonds is 4. The van der Waals surface area contributed by atoms with Crippen LogP contribution in [0.4, 0.5) is 0 Å². The molecule has 0 N–H and O–H groups in total. The molecule has 3 heteroatoms. The van der Waals surface area contributed by atoms with E-state index in [1.165, 1.54) is 0 Å². The summed E-state index contributed by atoms with van der Waals surface area (Å²) in [5.74, 6) is 0.289. The van der Waals surface area contributed by atoms with Gasteiger partial charge in [-0.05, 0) is 13.3 Å². The summed E-state index contributed by atoms with van der Waals surface area (Å²) in [6, 6.07) is 0. The number of alkyl halides is 1. The van der Waals surface area contributed by atoms with Gasteiger partial charge in [0.2, 0.25) is 0 Å². The van der Waals surface area contributed by atoms with Gasteiger partial charge >= 0.3 is 5.97 Å².